The molecular weight excluding hydrogens is 450 g/mol. The molecule has 3 heteroatoms. The van der Waals surface area contributed by atoms with Crippen molar-refractivity contribution >= 4 is 58.5 Å². The SMILES string of the molecule is CC/C=c1\c(=C/CC)n(-c2ccc(C)cc2)c2cc3c4c(n(-c5ccc(C)cc5)c3cc12)=CC=[N+]=CC=4. The third-order valence-electron chi connectivity index (χ3n) is 7.25. The van der Waals surface area contributed by atoms with Crippen LogP contribution in [-0.2, 0) is 0 Å². The maximum absolute atomic E-state index is 4.43. The van der Waals surface area contributed by atoms with E-state index in [0.29, 0.717) is 0 Å². The number of hydrogen-bond acceptors (Lipinski definition) is 0. The number of benzene rings is 3. The van der Waals surface area contributed by atoms with Gasteiger partial charge in [-0.05, 0) is 63.1 Å². The van der Waals surface area contributed by atoms with Crippen LogP contribution in [-0.4, -0.2) is 21.6 Å². The van der Waals surface area contributed by atoms with Gasteiger partial charge in [-0.1, -0.05) is 61.4 Å². The number of nitrogens with zero attached hydrogens (tertiary/aromatic N) is 3. The van der Waals surface area contributed by atoms with Crippen molar-refractivity contribution in [2.24, 2.45) is 0 Å². The highest BCUT2D eigenvalue weighted by atomic mass is 15.0. The summed E-state index contributed by atoms with van der Waals surface area (Å²) in [5.74, 6) is 0. The van der Waals surface area contributed by atoms with Crippen molar-refractivity contribution in [3.63, 3.8) is 0 Å². The fourth-order valence-corrected chi connectivity index (χ4v) is 5.53. The average Bonchev–Trinajstić information content (AvgIpc) is 3.22. The van der Waals surface area contributed by atoms with Gasteiger partial charge in [-0.3, -0.25) is 0 Å². The van der Waals surface area contributed by atoms with Crippen molar-refractivity contribution < 1.29 is 0 Å². The number of aryl methyl sites for hydroxylation is 2. The zero-order valence-electron chi connectivity index (χ0n) is 22.0. The van der Waals surface area contributed by atoms with Crippen LogP contribution >= 0.6 is 0 Å². The predicted octanol–water partition coefficient (Wildman–Crippen LogP) is 4.36. The Bertz CT molecular complexity index is 1970. The molecule has 2 aromatic heterocycles. The second kappa shape index (κ2) is 9.28. The zero-order valence-corrected chi connectivity index (χ0v) is 22.0. The minimum Gasteiger partial charge on any atom is -0.310 e. The van der Waals surface area contributed by atoms with E-state index in [1.165, 1.54) is 54.4 Å². The third kappa shape index (κ3) is 3.80. The van der Waals surface area contributed by atoms with Crippen LogP contribution in [0.1, 0.15) is 37.8 Å². The Labute approximate surface area is 217 Å². The van der Waals surface area contributed by atoms with Gasteiger partial charge in [-0.15, -0.1) is 4.67 Å². The van der Waals surface area contributed by atoms with Gasteiger partial charge in [0.05, 0.1) is 16.4 Å². The van der Waals surface area contributed by atoms with Crippen LogP contribution in [0.2, 0.25) is 0 Å². The molecule has 0 radical (unpaired) electrons. The van der Waals surface area contributed by atoms with Gasteiger partial charge in [0.25, 0.3) is 12.4 Å². The Hall–Kier alpha value is -4.33. The van der Waals surface area contributed by atoms with Crippen molar-refractivity contribution in [3.05, 3.63) is 92.9 Å². The van der Waals surface area contributed by atoms with Gasteiger partial charge in [0, 0.05) is 50.1 Å². The zero-order chi connectivity index (χ0) is 25.5. The molecule has 0 unspecified atom stereocenters. The molecule has 0 saturated heterocycles. The van der Waals surface area contributed by atoms with Gasteiger partial charge in [0.15, 0.2) is 0 Å². The van der Waals surface area contributed by atoms with Crippen molar-refractivity contribution in [1.82, 2.24) is 13.8 Å². The molecule has 0 spiro atoms. The normalized spacial score (nSPS) is 13.7. The lowest BCUT2D eigenvalue weighted by atomic mass is 10.1. The van der Waals surface area contributed by atoms with Gasteiger partial charge in [0.1, 0.15) is 0 Å². The third-order valence-corrected chi connectivity index (χ3v) is 7.25. The maximum Gasteiger partial charge on any atom is 0.294 e. The molecule has 37 heavy (non-hydrogen) atoms. The van der Waals surface area contributed by atoms with E-state index in [-0.39, 0.29) is 0 Å². The van der Waals surface area contributed by atoms with Crippen molar-refractivity contribution in [2.45, 2.75) is 40.5 Å². The summed E-state index contributed by atoms with van der Waals surface area (Å²) in [7, 11) is 0. The van der Waals surface area contributed by atoms with Gasteiger partial charge >= 0.3 is 0 Å². The smallest absolute Gasteiger partial charge is 0.294 e. The molecule has 1 aliphatic rings. The summed E-state index contributed by atoms with van der Waals surface area (Å²) < 4.78 is 9.25. The summed E-state index contributed by atoms with van der Waals surface area (Å²) in [5.41, 5.74) is 7.33. The van der Waals surface area contributed by atoms with Crippen LogP contribution < -0.4 is 25.8 Å². The van der Waals surface area contributed by atoms with Gasteiger partial charge in [-0.25, -0.2) is 0 Å². The van der Waals surface area contributed by atoms with E-state index in [1.54, 1.807) is 0 Å². The number of rotatable bonds is 4. The standard InChI is InChI=1S/C34H32N3/c1-5-7-27-29-21-34-30(22-33(29)36(31(27)8-6-2)25-13-9-23(3)10-14-25)28-17-19-35-20-18-32(28)37(34)26-15-11-24(4)12-16-26/h7-22H,5-6H2,1-4H3/q+1/b27-7-,31-8+. The summed E-state index contributed by atoms with van der Waals surface area (Å²) >= 11 is 0. The first-order chi connectivity index (χ1) is 18.1. The molecule has 0 bridgehead atoms. The molecule has 0 atom stereocenters. The number of hydrogen-bond donors (Lipinski definition) is 0. The quantitative estimate of drug-likeness (QED) is 0.340. The molecule has 6 rings (SSSR count). The molecule has 3 nitrogen and oxygen atoms in total. The van der Waals surface area contributed by atoms with Gasteiger partial charge < -0.3 is 9.13 Å². The van der Waals surface area contributed by atoms with E-state index >= 15 is 0 Å². The summed E-state index contributed by atoms with van der Waals surface area (Å²) in [6.45, 7) is 8.72. The molecule has 0 amide bonds. The Morgan fingerprint density at radius 1 is 0.676 bits per heavy atom. The van der Waals surface area contributed by atoms with Crippen LogP contribution in [0.3, 0.4) is 0 Å². The molecule has 0 N–H and O–H groups in total. The van der Waals surface area contributed by atoms with Crippen molar-refractivity contribution in [3.8, 4) is 11.4 Å². The highest BCUT2D eigenvalue weighted by Crippen LogP contribution is 2.23. The largest absolute Gasteiger partial charge is 0.310 e. The Morgan fingerprint density at radius 3 is 1.89 bits per heavy atom. The van der Waals surface area contributed by atoms with Crippen molar-refractivity contribution in [1.29, 1.82) is 0 Å². The highest BCUT2D eigenvalue weighted by molar-refractivity contribution is 6.05. The van der Waals surface area contributed by atoms with Crippen LogP contribution in [0.5, 0.6) is 0 Å². The fraction of sp³-hybridized carbons (Fsp3) is 0.176. The molecule has 182 valence electrons. The summed E-state index contributed by atoms with van der Waals surface area (Å²) in [6.07, 6.45) is 14.8. The topological polar surface area (TPSA) is 24.0 Å². The minimum atomic E-state index is 0.978. The maximum atomic E-state index is 4.43. The summed E-state index contributed by atoms with van der Waals surface area (Å²) in [4.78, 5) is 0. The Kier molecular flexibility index (Phi) is 5.79. The minimum absolute atomic E-state index is 0.978. The van der Waals surface area contributed by atoms with Gasteiger partial charge in [0.2, 0.25) is 0 Å². The van der Waals surface area contributed by atoms with E-state index in [9.17, 15) is 0 Å². The van der Waals surface area contributed by atoms with E-state index in [0.717, 1.165) is 23.9 Å². The first-order valence-corrected chi connectivity index (χ1v) is 13.2. The second-order valence-corrected chi connectivity index (χ2v) is 9.83. The molecule has 3 heterocycles. The number of fused-ring (bicyclic) bond motifs is 4. The Morgan fingerprint density at radius 2 is 1.24 bits per heavy atom. The number of aromatic nitrogens is 2. The van der Waals surface area contributed by atoms with E-state index in [2.05, 4.69) is 126 Å². The lowest BCUT2D eigenvalue weighted by Crippen LogP contribution is -2.29. The molecular formula is C34H32N3+. The first-order valence-electron chi connectivity index (χ1n) is 13.2. The van der Waals surface area contributed by atoms with Gasteiger partial charge in [-0.2, -0.15) is 0 Å². The molecule has 5 aromatic rings. The van der Waals surface area contributed by atoms with Crippen LogP contribution in [0.15, 0.2) is 60.7 Å². The second-order valence-electron chi connectivity index (χ2n) is 9.83. The molecule has 0 saturated carbocycles. The summed E-state index contributed by atoms with van der Waals surface area (Å²) in [5, 5.41) is 7.47. The molecule has 0 aliphatic carbocycles. The van der Waals surface area contributed by atoms with E-state index in [4.69, 9.17) is 0 Å². The first kappa shape index (κ1) is 23.1. The van der Waals surface area contributed by atoms with E-state index in [1.807, 2.05) is 12.4 Å². The fourth-order valence-electron chi connectivity index (χ4n) is 5.53. The predicted molar refractivity (Wildman–Crippen MR) is 161 cm³/mol. The lowest BCUT2D eigenvalue weighted by Gasteiger charge is -2.09. The molecule has 0 fully saturated rings. The average molecular weight is 483 g/mol. The highest BCUT2D eigenvalue weighted by Gasteiger charge is 2.16. The monoisotopic (exact) mass is 482 g/mol. The van der Waals surface area contributed by atoms with Crippen LogP contribution in [0, 0.1) is 13.8 Å². The van der Waals surface area contributed by atoms with Crippen molar-refractivity contribution in [2.75, 3.05) is 0 Å². The van der Waals surface area contributed by atoms with E-state index < -0.39 is 0 Å². The molecule has 1 aliphatic heterocycles. The summed E-state index contributed by atoms with van der Waals surface area (Å²) in [6, 6.07) is 22.5. The van der Waals surface area contributed by atoms with Crippen LogP contribution in [0.25, 0.3) is 57.5 Å². The van der Waals surface area contributed by atoms with Crippen LogP contribution in [0.4, 0.5) is 0 Å². The lowest BCUT2D eigenvalue weighted by molar-refractivity contribution is 1.05. The Balaban J connectivity index is 1.84. The molecule has 3 aromatic carbocycles.